The lowest BCUT2D eigenvalue weighted by Crippen LogP contribution is -2.37. The monoisotopic (exact) mass is 411 g/mol. The molecule has 162 valence electrons. The average molecular weight is 412 g/mol. The van der Waals surface area contributed by atoms with E-state index < -0.39 is 0 Å². The maximum Gasteiger partial charge on any atom is 0.191 e. The van der Waals surface area contributed by atoms with Crippen LogP contribution in [0, 0.1) is 20.8 Å². The second kappa shape index (κ2) is 10.3. The minimum absolute atomic E-state index is 0.119. The van der Waals surface area contributed by atoms with E-state index in [0.717, 1.165) is 53.5 Å². The predicted molar refractivity (Wildman–Crippen MR) is 120 cm³/mol. The van der Waals surface area contributed by atoms with E-state index in [1.54, 1.807) is 0 Å². The molecule has 0 amide bonds. The number of nitrogens with one attached hydrogen (secondary N) is 2. The van der Waals surface area contributed by atoms with Crippen LogP contribution in [0.2, 0.25) is 0 Å². The highest BCUT2D eigenvalue weighted by Crippen LogP contribution is 2.24. The first kappa shape index (κ1) is 22.0. The Labute approximate surface area is 179 Å². The van der Waals surface area contributed by atoms with Crippen molar-refractivity contribution in [2.45, 2.75) is 53.3 Å². The maximum atomic E-state index is 9.97. The van der Waals surface area contributed by atoms with Gasteiger partial charge in [-0.2, -0.15) is 0 Å². The van der Waals surface area contributed by atoms with Gasteiger partial charge in [0.15, 0.2) is 5.96 Å². The quantitative estimate of drug-likeness (QED) is 0.478. The van der Waals surface area contributed by atoms with Gasteiger partial charge in [0.05, 0.1) is 19.8 Å². The Bertz CT molecular complexity index is 866. The Morgan fingerprint density at radius 1 is 1.17 bits per heavy atom. The molecule has 3 N–H and O–H groups in total. The molecule has 1 heterocycles. The minimum Gasteiger partial charge on any atom is -0.507 e. The highest BCUT2D eigenvalue weighted by atomic mass is 16.5. The Balaban J connectivity index is 1.69. The number of hydrogen-bond acceptors (Lipinski definition) is 4. The number of hydrogen-bond donors (Lipinski definition) is 3. The van der Waals surface area contributed by atoms with Gasteiger partial charge in [-0.1, -0.05) is 24.3 Å². The van der Waals surface area contributed by atoms with Crippen LogP contribution in [0.4, 0.5) is 0 Å². The van der Waals surface area contributed by atoms with E-state index in [1.165, 1.54) is 5.56 Å². The summed E-state index contributed by atoms with van der Waals surface area (Å²) in [4.78, 5) is 4.71. The van der Waals surface area contributed by atoms with Crippen LogP contribution in [-0.2, 0) is 17.8 Å². The van der Waals surface area contributed by atoms with Crippen LogP contribution in [0.1, 0.15) is 41.2 Å². The predicted octanol–water partition coefficient (Wildman–Crippen LogP) is 3.74. The third-order valence-corrected chi connectivity index (χ3v) is 5.17. The molecule has 1 atom stereocenters. The lowest BCUT2D eigenvalue weighted by atomic mass is 10.1. The molecule has 0 spiro atoms. The van der Waals surface area contributed by atoms with Crippen molar-refractivity contribution in [2.75, 3.05) is 19.8 Å². The van der Waals surface area contributed by atoms with Crippen LogP contribution in [-0.4, -0.2) is 36.9 Å². The van der Waals surface area contributed by atoms with Crippen molar-refractivity contribution in [1.82, 2.24) is 10.6 Å². The molecule has 1 fully saturated rings. The molecule has 2 aromatic rings. The number of rotatable bonds is 7. The molecular formula is C24H33N3O3. The van der Waals surface area contributed by atoms with E-state index in [-0.39, 0.29) is 6.10 Å². The standard InChI is InChI=1S/C24H33N3O3/c1-5-25-24(26-13-19-11-17(3)23(28)18(4)12-19)27-14-20-7-6-16(2)10-22(20)30-21-8-9-29-15-21/h6-7,10-12,21,28H,5,8-9,13-15H2,1-4H3,(H2,25,26,27). The number of aliphatic imine (C=N–C) groups is 1. The normalized spacial score (nSPS) is 16.5. The summed E-state index contributed by atoms with van der Waals surface area (Å²) in [6.45, 7) is 11.3. The number of aryl methyl sites for hydroxylation is 3. The number of guanidine groups is 1. The molecule has 0 radical (unpaired) electrons. The first-order valence-corrected chi connectivity index (χ1v) is 10.6. The van der Waals surface area contributed by atoms with E-state index in [4.69, 9.17) is 14.5 Å². The van der Waals surface area contributed by atoms with Crippen molar-refractivity contribution in [3.63, 3.8) is 0 Å². The number of phenols is 1. The fraction of sp³-hybridized carbons (Fsp3) is 0.458. The Morgan fingerprint density at radius 3 is 2.60 bits per heavy atom. The van der Waals surface area contributed by atoms with Gasteiger partial charge in [0.1, 0.15) is 17.6 Å². The number of nitrogens with zero attached hydrogens (tertiary/aromatic N) is 1. The minimum atomic E-state index is 0.119. The molecule has 0 aromatic heterocycles. The number of phenolic OH excluding ortho intramolecular Hbond substituents is 1. The van der Waals surface area contributed by atoms with Gasteiger partial charge in [-0.05, 0) is 56.0 Å². The zero-order chi connectivity index (χ0) is 21.5. The fourth-order valence-corrected chi connectivity index (χ4v) is 3.53. The van der Waals surface area contributed by atoms with Gasteiger partial charge in [0, 0.05) is 25.1 Å². The van der Waals surface area contributed by atoms with E-state index >= 15 is 0 Å². The summed E-state index contributed by atoms with van der Waals surface area (Å²) in [6, 6.07) is 10.2. The molecule has 6 nitrogen and oxygen atoms in total. The van der Waals surface area contributed by atoms with Crippen LogP contribution in [0.25, 0.3) is 0 Å². The largest absolute Gasteiger partial charge is 0.507 e. The van der Waals surface area contributed by atoms with Gasteiger partial charge in [0.2, 0.25) is 0 Å². The highest BCUT2D eigenvalue weighted by molar-refractivity contribution is 5.79. The topological polar surface area (TPSA) is 75.1 Å². The van der Waals surface area contributed by atoms with Gasteiger partial charge in [-0.3, -0.25) is 0 Å². The molecule has 6 heteroatoms. The first-order valence-electron chi connectivity index (χ1n) is 10.6. The summed E-state index contributed by atoms with van der Waals surface area (Å²) in [5, 5.41) is 16.7. The smallest absolute Gasteiger partial charge is 0.191 e. The van der Waals surface area contributed by atoms with Gasteiger partial charge >= 0.3 is 0 Å². The van der Waals surface area contributed by atoms with E-state index in [1.807, 2.05) is 32.9 Å². The lowest BCUT2D eigenvalue weighted by Gasteiger charge is -2.18. The van der Waals surface area contributed by atoms with Gasteiger partial charge < -0.3 is 25.2 Å². The molecule has 1 aliphatic rings. The number of aromatic hydroxyl groups is 1. The van der Waals surface area contributed by atoms with E-state index in [0.29, 0.717) is 25.4 Å². The zero-order valence-electron chi connectivity index (χ0n) is 18.4. The summed E-state index contributed by atoms with van der Waals surface area (Å²) < 4.78 is 11.6. The molecule has 1 aliphatic heterocycles. The Hall–Kier alpha value is -2.73. The summed E-state index contributed by atoms with van der Waals surface area (Å²) in [5.41, 5.74) is 5.08. The summed E-state index contributed by atoms with van der Waals surface area (Å²) in [5.74, 6) is 2.00. The van der Waals surface area contributed by atoms with Crippen LogP contribution >= 0.6 is 0 Å². The van der Waals surface area contributed by atoms with Crippen LogP contribution in [0.5, 0.6) is 11.5 Å². The van der Waals surface area contributed by atoms with Crippen LogP contribution in [0.15, 0.2) is 35.3 Å². The lowest BCUT2D eigenvalue weighted by molar-refractivity contribution is 0.140. The van der Waals surface area contributed by atoms with Crippen molar-refractivity contribution in [2.24, 2.45) is 4.99 Å². The highest BCUT2D eigenvalue weighted by Gasteiger charge is 2.18. The Morgan fingerprint density at radius 2 is 1.93 bits per heavy atom. The van der Waals surface area contributed by atoms with Gasteiger partial charge in [-0.15, -0.1) is 0 Å². The molecule has 1 saturated heterocycles. The SMILES string of the molecule is CCNC(=NCc1cc(C)c(O)c(C)c1)NCc1ccc(C)cc1OC1CCOC1. The number of benzene rings is 2. The summed E-state index contributed by atoms with van der Waals surface area (Å²) in [7, 11) is 0. The van der Waals surface area contributed by atoms with Crippen LogP contribution in [0.3, 0.4) is 0 Å². The summed E-state index contributed by atoms with van der Waals surface area (Å²) in [6.07, 6.45) is 1.05. The molecular weight excluding hydrogens is 378 g/mol. The van der Waals surface area contributed by atoms with E-state index in [9.17, 15) is 5.11 Å². The molecule has 0 bridgehead atoms. The first-order chi connectivity index (χ1) is 14.5. The van der Waals surface area contributed by atoms with Gasteiger partial charge in [-0.25, -0.2) is 4.99 Å². The van der Waals surface area contributed by atoms with Crippen molar-refractivity contribution >= 4 is 5.96 Å². The molecule has 30 heavy (non-hydrogen) atoms. The maximum absolute atomic E-state index is 9.97. The van der Waals surface area contributed by atoms with Crippen molar-refractivity contribution in [3.8, 4) is 11.5 Å². The molecule has 0 aliphatic carbocycles. The van der Waals surface area contributed by atoms with Crippen LogP contribution < -0.4 is 15.4 Å². The average Bonchev–Trinajstić information content (AvgIpc) is 3.22. The molecule has 1 unspecified atom stereocenters. The second-order valence-corrected chi connectivity index (χ2v) is 7.84. The third-order valence-electron chi connectivity index (χ3n) is 5.17. The number of ether oxygens (including phenoxy) is 2. The molecule has 2 aromatic carbocycles. The zero-order valence-corrected chi connectivity index (χ0v) is 18.4. The van der Waals surface area contributed by atoms with Gasteiger partial charge in [0.25, 0.3) is 0 Å². The second-order valence-electron chi connectivity index (χ2n) is 7.84. The van der Waals surface area contributed by atoms with Crippen molar-refractivity contribution < 1.29 is 14.6 Å². The van der Waals surface area contributed by atoms with E-state index in [2.05, 4.69) is 35.8 Å². The van der Waals surface area contributed by atoms with Crippen molar-refractivity contribution in [3.05, 3.63) is 58.1 Å². The molecule has 0 saturated carbocycles. The van der Waals surface area contributed by atoms with Crippen molar-refractivity contribution in [1.29, 1.82) is 0 Å². The summed E-state index contributed by atoms with van der Waals surface area (Å²) >= 11 is 0. The third kappa shape index (κ3) is 5.89. The Kier molecular flexibility index (Phi) is 7.57. The fourth-order valence-electron chi connectivity index (χ4n) is 3.53. The molecule has 3 rings (SSSR count).